The van der Waals surface area contributed by atoms with Gasteiger partial charge in [-0.15, -0.1) is 0 Å². The van der Waals surface area contributed by atoms with Crippen molar-refractivity contribution in [3.8, 4) is 5.75 Å². The fraction of sp³-hybridized carbons (Fsp3) is 0.462. The number of nitrogens with zero attached hydrogens (tertiary/aromatic N) is 2. The molecule has 0 aliphatic heterocycles. The van der Waals surface area contributed by atoms with Crippen LogP contribution >= 0.6 is 23.2 Å². The van der Waals surface area contributed by atoms with E-state index in [1.54, 1.807) is 49.4 Å². The van der Waals surface area contributed by atoms with Gasteiger partial charge in [0.15, 0.2) is 0 Å². The fourth-order valence-corrected chi connectivity index (χ4v) is 5.07. The molecule has 2 aromatic carbocycles. The van der Waals surface area contributed by atoms with Gasteiger partial charge in [0.2, 0.25) is 21.8 Å². The van der Waals surface area contributed by atoms with Gasteiger partial charge in [0, 0.05) is 28.2 Å². The molecule has 37 heavy (non-hydrogen) atoms. The molecular weight excluding hydrogens is 537 g/mol. The molecule has 0 bridgehead atoms. The molecule has 0 aliphatic rings. The molecule has 0 saturated carbocycles. The topological polar surface area (TPSA) is 96.0 Å². The monoisotopic (exact) mass is 571 g/mol. The normalized spacial score (nSPS) is 12.9. The number of ether oxygens (including phenoxy) is 1. The standard InChI is InChI=1S/C26H35Cl2N3O5S/c1-6-18(4)29-26(33)24(7-2)30(16-21-22(27)10-9-11-23(21)28)25(32)17-31(37(5,34)35)19-12-14-20(15-13-19)36-8-3/h9-15,18,24H,6-8,16-17H2,1-5H3,(H,29,33). The third kappa shape index (κ3) is 8.51. The number of amides is 2. The highest BCUT2D eigenvalue weighted by Crippen LogP contribution is 2.28. The molecule has 2 amide bonds. The minimum atomic E-state index is -3.84. The van der Waals surface area contributed by atoms with E-state index in [4.69, 9.17) is 27.9 Å². The molecule has 2 atom stereocenters. The molecule has 1 N–H and O–H groups in total. The number of hydrogen-bond donors (Lipinski definition) is 1. The zero-order valence-electron chi connectivity index (χ0n) is 21.8. The Labute approximate surface area is 229 Å². The van der Waals surface area contributed by atoms with Crippen LogP contribution in [0, 0.1) is 0 Å². The maximum atomic E-state index is 13.8. The molecule has 0 fully saturated rings. The maximum Gasteiger partial charge on any atom is 0.244 e. The minimum absolute atomic E-state index is 0.0648. The Bertz CT molecular complexity index is 1150. The minimum Gasteiger partial charge on any atom is -0.494 e. The number of sulfonamides is 1. The zero-order valence-corrected chi connectivity index (χ0v) is 24.2. The molecule has 0 aromatic heterocycles. The van der Waals surface area contributed by atoms with Crippen LogP contribution in [-0.2, 0) is 26.2 Å². The van der Waals surface area contributed by atoms with Gasteiger partial charge in [0.1, 0.15) is 18.3 Å². The lowest BCUT2D eigenvalue weighted by atomic mass is 10.1. The summed E-state index contributed by atoms with van der Waals surface area (Å²) in [4.78, 5) is 28.3. The number of halogens is 2. The van der Waals surface area contributed by atoms with E-state index in [0.29, 0.717) is 46.5 Å². The van der Waals surface area contributed by atoms with Crippen molar-refractivity contribution in [1.82, 2.24) is 10.2 Å². The number of carbonyl (C=O) groups excluding carboxylic acids is 2. The molecule has 2 aromatic rings. The van der Waals surface area contributed by atoms with Crippen molar-refractivity contribution in [1.29, 1.82) is 0 Å². The Morgan fingerprint density at radius 3 is 2.08 bits per heavy atom. The first-order chi connectivity index (χ1) is 17.4. The predicted octanol–water partition coefficient (Wildman–Crippen LogP) is 4.88. The number of rotatable bonds is 13. The van der Waals surface area contributed by atoms with Gasteiger partial charge in [-0.05, 0) is 63.1 Å². The van der Waals surface area contributed by atoms with Crippen molar-refractivity contribution in [3.63, 3.8) is 0 Å². The van der Waals surface area contributed by atoms with Crippen LogP contribution in [0.4, 0.5) is 5.69 Å². The molecule has 0 spiro atoms. The van der Waals surface area contributed by atoms with Gasteiger partial charge in [-0.3, -0.25) is 13.9 Å². The molecule has 8 nitrogen and oxygen atoms in total. The summed E-state index contributed by atoms with van der Waals surface area (Å²) < 4.78 is 31.9. The zero-order chi connectivity index (χ0) is 27.8. The second-order valence-corrected chi connectivity index (χ2v) is 11.4. The van der Waals surface area contributed by atoms with Crippen LogP contribution in [0.3, 0.4) is 0 Å². The van der Waals surface area contributed by atoms with Crippen molar-refractivity contribution in [2.45, 2.75) is 59.2 Å². The molecular formula is C26H35Cl2N3O5S. The van der Waals surface area contributed by atoms with Crippen molar-refractivity contribution in [3.05, 3.63) is 58.1 Å². The number of carbonyl (C=O) groups is 2. The van der Waals surface area contributed by atoms with Crippen LogP contribution in [0.15, 0.2) is 42.5 Å². The van der Waals surface area contributed by atoms with E-state index >= 15 is 0 Å². The SMILES string of the molecule is CCOc1ccc(N(CC(=O)N(Cc2c(Cl)cccc2Cl)C(CC)C(=O)NC(C)CC)S(C)(=O)=O)cc1. The Hall–Kier alpha value is -2.49. The van der Waals surface area contributed by atoms with Gasteiger partial charge in [0.25, 0.3) is 0 Å². The van der Waals surface area contributed by atoms with E-state index in [9.17, 15) is 18.0 Å². The third-order valence-corrected chi connectivity index (χ3v) is 7.74. The van der Waals surface area contributed by atoms with Gasteiger partial charge in [-0.25, -0.2) is 8.42 Å². The van der Waals surface area contributed by atoms with E-state index in [1.807, 2.05) is 20.8 Å². The average Bonchev–Trinajstić information content (AvgIpc) is 2.84. The Balaban J connectivity index is 2.48. The van der Waals surface area contributed by atoms with Crippen LogP contribution in [-0.4, -0.2) is 56.6 Å². The summed E-state index contributed by atoms with van der Waals surface area (Å²) in [6, 6.07) is 10.4. The lowest BCUT2D eigenvalue weighted by Crippen LogP contribution is -2.53. The number of anilines is 1. The summed E-state index contributed by atoms with van der Waals surface area (Å²) in [6.45, 7) is 7.34. The summed E-state index contributed by atoms with van der Waals surface area (Å²) in [5.74, 6) is -0.324. The quantitative estimate of drug-likeness (QED) is 0.369. The van der Waals surface area contributed by atoms with Gasteiger partial charge >= 0.3 is 0 Å². The van der Waals surface area contributed by atoms with E-state index < -0.39 is 28.5 Å². The summed E-state index contributed by atoms with van der Waals surface area (Å²) >= 11 is 12.8. The Kier molecular flexibility index (Phi) is 11.5. The first-order valence-electron chi connectivity index (χ1n) is 12.2. The Morgan fingerprint density at radius 1 is 1.00 bits per heavy atom. The van der Waals surface area contributed by atoms with Crippen LogP contribution in [0.5, 0.6) is 5.75 Å². The summed E-state index contributed by atoms with van der Waals surface area (Å²) in [5, 5.41) is 3.60. The lowest BCUT2D eigenvalue weighted by molar-refractivity contribution is -0.140. The molecule has 0 radical (unpaired) electrons. The third-order valence-electron chi connectivity index (χ3n) is 5.89. The largest absolute Gasteiger partial charge is 0.494 e. The second kappa shape index (κ2) is 13.9. The van der Waals surface area contributed by atoms with E-state index in [-0.39, 0.29) is 18.5 Å². The van der Waals surface area contributed by atoms with Crippen LogP contribution in [0.1, 0.15) is 46.1 Å². The highest BCUT2D eigenvalue weighted by molar-refractivity contribution is 7.92. The highest BCUT2D eigenvalue weighted by atomic mass is 35.5. The maximum absolute atomic E-state index is 13.8. The summed E-state index contributed by atoms with van der Waals surface area (Å²) in [5.41, 5.74) is 0.771. The van der Waals surface area contributed by atoms with Gasteiger partial charge in [-0.2, -0.15) is 0 Å². The van der Waals surface area contributed by atoms with Crippen LogP contribution in [0.2, 0.25) is 10.0 Å². The molecule has 2 rings (SSSR count). The average molecular weight is 573 g/mol. The van der Waals surface area contributed by atoms with Gasteiger partial charge in [0.05, 0.1) is 18.6 Å². The molecule has 0 heterocycles. The van der Waals surface area contributed by atoms with Crippen LogP contribution < -0.4 is 14.4 Å². The van der Waals surface area contributed by atoms with Gasteiger partial charge < -0.3 is 15.0 Å². The van der Waals surface area contributed by atoms with Crippen molar-refractivity contribution >= 4 is 50.7 Å². The fourth-order valence-electron chi connectivity index (χ4n) is 3.70. The van der Waals surface area contributed by atoms with Gasteiger partial charge in [-0.1, -0.05) is 43.1 Å². The number of benzene rings is 2. The first kappa shape index (κ1) is 30.7. The molecule has 204 valence electrons. The number of hydrogen-bond acceptors (Lipinski definition) is 5. The molecule has 2 unspecified atom stereocenters. The lowest BCUT2D eigenvalue weighted by Gasteiger charge is -2.33. The van der Waals surface area contributed by atoms with Crippen LogP contribution in [0.25, 0.3) is 0 Å². The predicted molar refractivity (Wildman–Crippen MR) is 149 cm³/mol. The Morgan fingerprint density at radius 2 is 1.59 bits per heavy atom. The highest BCUT2D eigenvalue weighted by Gasteiger charge is 2.33. The summed E-state index contributed by atoms with van der Waals surface area (Å²) in [6.07, 6.45) is 2.04. The van der Waals surface area contributed by atoms with Crippen molar-refractivity contribution in [2.24, 2.45) is 0 Å². The first-order valence-corrected chi connectivity index (χ1v) is 14.8. The number of nitrogens with one attached hydrogen (secondary N) is 1. The van der Waals surface area contributed by atoms with E-state index in [0.717, 1.165) is 10.6 Å². The van der Waals surface area contributed by atoms with E-state index in [2.05, 4.69) is 5.32 Å². The molecule has 0 saturated heterocycles. The molecule has 11 heteroatoms. The van der Waals surface area contributed by atoms with Crippen molar-refractivity contribution < 1.29 is 22.7 Å². The van der Waals surface area contributed by atoms with E-state index in [1.165, 1.54) is 4.90 Å². The molecule has 0 aliphatic carbocycles. The second-order valence-electron chi connectivity index (χ2n) is 8.66. The summed E-state index contributed by atoms with van der Waals surface area (Å²) in [7, 11) is -3.84. The van der Waals surface area contributed by atoms with Crippen molar-refractivity contribution in [2.75, 3.05) is 23.7 Å². The smallest absolute Gasteiger partial charge is 0.244 e.